The number of hydrogen-bond acceptors (Lipinski definition) is 2. The highest BCUT2D eigenvalue weighted by Gasteiger charge is 2.27. The van der Waals surface area contributed by atoms with Crippen LogP contribution >= 0.6 is 0 Å². The zero-order valence-corrected chi connectivity index (χ0v) is 10.6. The Hall–Kier alpha value is -0.290. The van der Waals surface area contributed by atoms with Gasteiger partial charge in [0.2, 0.25) is 0 Å². The Morgan fingerprint density at radius 2 is 1.65 bits per heavy atom. The molecule has 17 heavy (non-hydrogen) atoms. The molecule has 0 aliphatic carbocycles. The highest BCUT2D eigenvalue weighted by atomic mass is 19.4. The van der Waals surface area contributed by atoms with Gasteiger partial charge in [0.25, 0.3) is 0 Å². The van der Waals surface area contributed by atoms with Crippen LogP contribution in [0, 0.1) is 0 Å². The first-order valence-electron chi connectivity index (χ1n) is 6.35. The van der Waals surface area contributed by atoms with Crippen LogP contribution in [0.25, 0.3) is 0 Å². The lowest BCUT2D eigenvalue weighted by Crippen LogP contribution is -2.29. The van der Waals surface area contributed by atoms with Gasteiger partial charge in [-0.1, -0.05) is 45.4 Å². The van der Waals surface area contributed by atoms with Gasteiger partial charge in [0.05, 0.1) is 6.61 Å². The predicted octanol–water partition coefficient (Wildman–Crippen LogP) is 3.64. The van der Waals surface area contributed by atoms with Crippen molar-refractivity contribution in [2.24, 2.45) is 5.73 Å². The molecule has 0 aromatic heterocycles. The lowest BCUT2D eigenvalue weighted by Gasteiger charge is -2.13. The van der Waals surface area contributed by atoms with Crippen molar-refractivity contribution in [1.29, 1.82) is 0 Å². The fraction of sp³-hybridized carbons (Fsp3) is 1.00. The van der Waals surface area contributed by atoms with E-state index in [0.717, 1.165) is 19.3 Å². The summed E-state index contributed by atoms with van der Waals surface area (Å²) in [6.07, 6.45) is 3.45. The molecular weight excluding hydrogens is 231 g/mol. The van der Waals surface area contributed by atoms with Crippen molar-refractivity contribution in [1.82, 2.24) is 0 Å². The van der Waals surface area contributed by atoms with E-state index < -0.39 is 12.8 Å². The summed E-state index contributed by atoms with van der Waals surface area (Å²) >= 11 is 0. The van der Waals surface area contributed by atoms with E-state index in [1.807, 2.05) is 0 Å². The van der Waals surface area contributed by atoms with E-state index >= 15 is 0 Å². The van der Waals surface area contributed by atoms with Gasteiger partial charge in [-0.2, -0.15) is 13.2 Å². The van der Waals surface area contributed by atoms with Gasteiger partial charge in [-0.3, -0.25) is 0 Å². The number of nitrogens with two attached hydrogens (primary N) is 1. The molecule has 0 aromatic rings. The minimum absolute atomic E-state index is 0.00549. The predicted molar refractivity (Wildman–Crippen MR) is 62.8 cm³/mol. The van der Waals surface area contributed by atoms with Crippen LogP contribution < -0.4 is 5.73 Å². The molecule has 2 nitrogen and oxygen atoms in total. The topological polar surface area (TPSA) is 35.2 Å². The SMILES string of the molecule is CCCCCCCCC(N)COCC(F)(F)F. The molecule has 0 saturated carbocycles. The van der Waals surface area contributed by atoms with Crippen LogP contribution in [0.3, 0.4) is 0 Å². The lowest BCUT2D eigenvalue weighted by atomic mass is 10.1. The number of alkyl halides is 3. The summed E-state index contributed by atoms with van der Waals surface area (Å²) in [6, 6.07) is -0.275. The maximum Gasteiger partial charge on any atom is 0.411 e. The Kier molecular flexibility index (Phi) is 9.55. The van der Waals surface area contributed by atoms with Gasteiger partial charge in [0.1, 0.15) is 6.61 Å². The largest absolute Gasteiger partial charge is 0.411 e. The summed E-state index contributed by atoms with van der Waals surface area (Å²) in [7, 11) is 0. The second-order valence-electron chi connectivity index (χ2n) is 4.45. The monoisotopic (exact) mass is 255 g/mol. The summed E-state index contributed by atoms with van der Waals surface area (Å²) in [6.45, 7) is 0.958. The van der Waals surface area contributed by atoms with E-state index in [1.165, 1.54) is 25.7 Å². The Labute approximate surface area is 102 Å². The third-order valence-electron chi connectivity index (χ3n) is 2.53. The second kappa shape index (κ2) is 9.71. The Balaban J connectivity index is 3.26. The molecule has 0 rings (SSSR count). The summed E-state index contributed by atoms with van der Waals surface area (Å²) in [5.41, 5.74) is 5.65. The molecule has 0 fully saturated rings. The normalized spacial score (nSPS) is 13.9. The maximum absolute atomic E-state index is 11.8. The number of hydrogen-bond donors (Lipinski definition) is 1. The molecule has 104 valence electrons. The molecule has 0 bridgehead atoms. The van der Waals surface area contributed by atoms with Crippen LogP contribution in [0.4, 0.5) is 13.2 Å². The summed E-state index contributed by atoms with van der Waals surface area (Å²) in [5.74, 6) is 0. The fourth-order valence-corrected chi connectivity index (χ4v) is 1.60. The van der Waals surface area contributed by atoms with Crippen molar-refractivity contribution >= 4 is 0 Å². The molecule has 0 spiro atoms. The van der Waals surface area contributed by atoms with Crippen molar-refractivity contribution < 1.29 is 17.9 Å². The minimum atomic E-state index is -4.25. The van der Waals surface area contributed by atoms with Gasteiger partial charge in [-0.25, -0.2) is 0 Å². The zero-order valence-electron chi connectivity index (χ0n) is 10.6. The molecule has 0 amide bonds. The third-order valence-corrected chi connectivity index (χ3v) is 2.53. The quantitative estimate of drug-likeness (QED) is 0.605. The highest BCUT2D eigenvalue weighted by molar-refractivity contribution is 4.61. The van der Waals surface area contributed by atoms with Crippen LogP contribution in [0.5, 0.6) is 0 Å². The van der Waals surface area contributed by atoms with E-state index in [0.29, 0.717) is 0 Å². The molecule has 1 unspecified atom stereocenters. The average molecular weight is 255 g/mol. The first-order valence-corrected chi connectivity index (χ1v) is 6.35. The summed E-state index contributed by atoms with van der Waals surface area (Å²) < 4.78 is 39.8. The van der Waals surface area contributed by atoms with E-state index in [4.69, 9.17) is 5.73 Å². The van der Waals surface area contributed by atoms with Crippen LogP contribution in [0.15, 0.2) is 0 Å². The van der Waals surface area contributed by atoms with Gasteiger partial charge in [-0.15, -0.1) is 0 Å². The fourth-order valence-electron chi connectivity index (χ4n) is 1.60. The van der Waals surface area contributed by atoms with Gasteiger partial charge in [0.15, 0.2) is 0 Å². The summed E-state index contributed by atoms with van der Waals surface area (Å²) in [5, 5.41) is 0. The average Bonchev–Trinajstić information content (AvgIpc) is 2.21. The Morgan fingerprint density at radius 3 is 2.24 bits per heavy atom. The molecule has 0 aromatic carbocycles. The van der Waals surface area contributed by atoms with Crippen LogP contribution in [0.2, 0.25) is 0 Å². The molecule has 0 radical (unpaired) electrons. The van der Waals surface area contributed by atoms with Crippen LogP contribution in [0.1, 0.15) is 51.9 Å². The summed E-state index contributed by atoms with van der Waals surface area (Å²) in [4.78, 5) is 0. The highest BCUT2D eigenvalue weighted by Crippen LogP contribution is 2.14. The Bertz CT molecular complexity index is 174. The van der Waals surface area contributed by atoms with E-state index in [1.54, 1.807) is 0 Å². The molecule has 0 aliphatic rings. The molecule has 5 heteroatoms. The third kappa shape index (κ3) is 13.6. The number of ether oxygens (including phenoxy) is 1. The van der Waals surface area contributed by atoms with Gasteiger partial charge >= 0.3 is 6.18 Å². The lowest BCUT2D eigenvalue weighted by molar-refractivity contribution is -0.174. The molecule has 2 N–H and O–H groups in total. The van der Waals surface area contributed by atoms with Crippen LogP contribution in [-0.2, 0) is 4.74 Å². The Morgan fingerprint density at radius 1 is 1.06 bits per heavy atom. The van der Waals surface area contributed by atoms with Gasteiger partial charge < -0.3 is 10.5 Å². The van der Waals surface area contributed by atoms with Crippen molar-refractivity contribution in [3.63, 3.8) is 0 Å². The molecule has 0 aliphatic heterocycles. The number of unbranched alkanes of at least 4 members (excludes halogenated alkanes) is 5. The van der Waals surface area contributed by atoms with E-state index in [-0.39, 0.29) is 12.6 Å². The van der Waals surface area contributed by atoms with E-state index in [2.05, 4.69) is 11.7 Å². The van der Waals surface area contributed by atoms with Gasteiger partial charge in [-0.05, 0) is 6.42 Å². The van der Waals surface area contributed by atoms with Crippen LogP contribution in [-0.4, -0.2) is 25.4 Å². The number of rotatable bonds is 10. The van der Waals surface area contributed by atoms with Crippen molar-refractivity contribution in [3.8, 4) is 0 Å². The first kappa shape index (κ1) is 16.7. The van der Waals surface area contributed by atoms with Crippen molar-refractivity contribution in [2.75, 3.05) is 13.2 Å². The molecule has 0 heterocycles. The van der Waals surface area contributed by atoms with E-state index in [9.17, 15) is 13.2 Å². The smallest absolute Gasteiger partial charge is 0.370 e. The molecular formula is C12H24F3NO. The zero-order chi connectivity index (χ0) is 13.1. The molecule has 1 atom stereocenters. The maximum atomic E-state index is 11.8. The minimum Gasteiger partial charge on any atom is -0.370 e. The molecule has 0 saturated heterocycles. The van der Waals surface area contributed by atoms with Crippen molar-refractivity contribution in [3.05, 3.63) is 0 Å². The number of halogens is 3. The first-order chi connectivity index (χ1) is 7.95. The van der Waals surface area contributed by atoms with Gasteiger partial charge in [0, 0.05) is 6.04 Å². The second-order valence-corrected chi connectivity index (χ2v) is 4.45. The standard InChI is InChI=1S/C12H24F3NO/c1-2-3-4-5-6-7-8-11(16)9-17-10-12(13,14)15/h11H,2-10,16H2,1H3. The van der Waals surface area contributed by atoms with Crippen molar-refractivity contribution in [2.45, 2.75) is 64.1 Å².